The summed E-state index contributed by atoms with van der Waals surface area (Å²) >= 11 is 0. The maximum absolute atomic E-state index is 2.52. The van der Waals surface area contributed by atoms with Crippen LogP contribution in [0, 0.1) is 23.7 Å². The van der Waals surface area contributed by atoms with Gasteiger partial charge in [-0.2, -0.15) is 0 Å². The van der Waals surface area contributed by atoms with Crippen LogP contribution in [0.15, 0.2) is 46.6 Å². The minimum atomic E-state index is 0.728. The Morgan fingerprint density at radius 1 is 0.810 bits per heavy atom. The van der Waals surface area contributed by atoms with Crippen LogP contribution in [0.4, 0.5) is 0 Å². The SMILES string of the molecule is CC1CCCC2=C1C(CC1C=CC3=C1C(C)CCC3)C=C2. The molecule has 4 rings (SSSR count). The Morgan fingerprint density at radius 2 is 1.29 bits per heavy atom. The highest BCUT2D eigenvalue weighted by Crippen LogP contribution is 2.47. The first-order valence-electron chi connectivity index (χ1n) is 9.06. The molecule has 0 aromatic heterocycles. The van der Waals surface area contributed by atoms with E-state index in [0.29, 0.717) is 0 Å². The van der Waals surface area contributed by atoms with E-state index in [1.165, 1.54) is 44.9 Å². The second-order valence-electron chi connectivity index (χ2n) is 7.71. The second-order valence-corrected chi connectivity index (χ2v) is 7.71. The summed E-state index contributed by atoms with van der Waals surface area (Å²) in [5.41, 5.74) is 6.97. The summed E-state index contributed by atoms with van der Waals surface area (Å²) in [6.07, 6.45) is 19.5. The zero-order valence-corrected chi connectivity index (χ0v) is 13.6. The van der Waals surface area contributed by atoms with Crippen LogP contribution in [-0.4, -0.2) is 0 Å². The third-order valence-electron chi connectivity index (χ3n) is 6.34. The molecule has 0 fully saturated rings. The van der Waals surface area contributed by atoms with Gasteiger partial charge in [-0.05, 0) is 79.8 Å². The average Bonchev–Trinajstić information content (AvgIpc) is 3.06. The van der Waals surface area contributed by atoms with E-state index in [4.69, 9.17) is 0 Å². The van der Waals surface area contributed by atoms with Crippen LogP contribution < -0.4 is 0 Å². The fourth-order valence-corrected chi connectivity index (χ4v) is 5.35. The molecule has 0 aliphatic heterocycles. The number of hydrogen-bond donors (Lipinski definition) is 0. The van der Waals surface area contributed by atoms with Gasteiger partial charge in [0.15, 0.2) is 0 Å². The second kappa shape index (κ2) is 5.30. The van der Waals surface area contributed by atoms with Crippen molar-refractivity contribution in [3.05, 3.63) is 46.6 Å². The molecule has 0 aromatic carbocycles. The van der Waals surface area contributed by atoms with E-state index < -0.39 is 0 Å². The molecule has 0 nitrogen and oxygen atoms in total. The summed E-state index contributed by atoms with van der Waals surface area (Å²) in [6.45, 7) is 4.90. The lowest BCUT2D eigenvalue weighted by Crippen LogP contribution is -2.18. The van der Waals surface area contributed by atoms with Gasteiger partial charge in [0.05, 0.1) is 0 Å². The van der Waals surface area contributed by atoms with Gasteiger partial charge in [-0.25, -0.2) is 0 Å². The van der Waals surface area contributed by atoms with Crippen molar-refractivity contribution < 1.29 is 0 Å². The quantitative estimate of drug-likeness (QED) is 0.583. The minimum Gasteiger partial charge on any atom is -0.0770 e. The summed E-state index contributed by atoms with van der Waals surface area (Å²) in [7, 11) is 0. The van der Waals surface area contributed by atoms with E-state index in [-0.39, 0.29) is 0 Å². The molecule has 0 aromatic rings. The number of allylic oxidation sites excluding steroid dienone is 8. The fraction of sp³-hybridized carbons (Fsp3) is 0.619. The maximum Gasteiger partial charge on any atom is -0.000287 e. The van der Waals surface area contributed by atoms with Crippen molar-refractivity contribution in [2.45, 2.75) is 58.8 Å². The summed E-state index contributed by atoms with van der Waals surface area (Å²) in [4.78, 5) is 0. The Balaban J connectivity index is 1.55. The monoisotopic (exact) mass is 280 g/mol. The molecule has 4 atom stereocenters. The van der Waals surface area contributed by atoms with Gasteiger partial charge < -0.3 is 0 Å². The van der Waals surface area contributed by atoms with Gasteiger partial charge in [-0.1, -0.05) is 49.3 Å². The third-order valence-corrected chi connectivity index (χ3v) is 6.34. The maximum atomic E-state index is 2.52. The van der Waals surface area contributed by atoms with Crippen LogP contribution in [0.25, 0.3) is 0 Å². The van der Waals surface area contributed by atoms with Gasteiger partial charge in [-0.15, -0.1) is 0 Å². The van der Waals surface area contributed by atoms with Crippen LogP contribution in [-0.2, 0) is 0 Å². The van der Waals surface area contributed by atoms with E-state index in [1.54, 1.807) is 22.3 Å². The van der Waals surface area contributed by atoms with E-state index in [1.807, 2.05) is 0 Å². The molecule has 0 saturated heterocycles. The van der Waals surface area contributed by atoms with Crippen LogP contribution in [0.2, 0.25) is 0 Å². The Kier molecular flexibility index (Phi) is 3.44. The van der Waals surface area contributed by atoms with Crippen molar-refractivity contribution in [1.29, 1.82) is 0 Å². The summed E-state index contributed by atoms with van der Waals surface area (Å²) < 4.78 is 0. The lowest BCUT2D eigenvalue weighted by Gasteiger charge is -2.30. The standard InChI is InChI=1S/C21H28/c1-14-5-3-7-16-9-11-18(20(14)16)13-19-12-10-17-8-4-6-15(2)21(17)19/h9-12,14-15,18-19H,3-8,13H2,1-2H3. The molecule has 4 unspecified atom stereocenters. The predicted molar refractivity (Wildman–Crippen MR) is 90.0 cm³/mol. The van der Waals surface area contributed by atoms with E-state index in [0.717, 1.165) is 23.7 Å². The molecule has 0 saturated carbocycles. The van der Waals surface area contributed by atoms with Crippen molar-refractivity contribution in [2.75, 3.05) is 0 Å². The first kappa shape index (κ1) is 13.6. The minimum absolute atomic E-state index is 0.728. The normalized spacial score (nSPS) is 38.2. The lowest BCUT2D eigenvalue weighted by atomic mass is 9.74. The van der Waals surface area contributed by atoms with Gasteiger partial charge >= 0.3 is 0 Å². The summed E-state index contributed by atoms with van der Waals surface area (Å²) in [5.74, 6) is 3.09. The number of hydrogen-bond acceptors (Lipinski definition) is 0. The smallest absolute Gasteiger partial charge is 0.000287 e. The molecule has 0 heteroatoms. The fourth-order valence-electron chi connectivity index (χ4n) is 5.35. The first-order chi connectivity index (χ1) is 10.2. The highest BCUT2D eigenvalue weighted by molar-refractivity contribution is 5.43. The Labute approximate surface area is 129 Å². The third kappa shape index (κ3) is 2.28. The molecule has 4 aliphatic carbocycles. The van der Waals surface area contributed by atoms with Crippen molar-refractivity contribution in [3.8, 4) is 0 Å². The molecule has 112 valence electrons. The van der Waals surface area contributed by atoms with Crippen LogP contribution in [0.5, 0.6) is 0 Å². The van der Waals surface area contributed by atoms with Gasteiger partial charge in [0.1, 0.15) is 0 Å². The molecule has 0 bridgehead atoms. The summed E-state index contributed by atoms with van der Waals surface area (Å²) in [5, 5.41) is 0. The highest BCUT2D eigenvalue weighted by atomic mass is 14.4. The zero-order valence-electron chi connectivity index (χ0n) is 13.6. The van der Waals surface area contributed by atoms with Crippen LogP contribution in [0.3, 0.4) is 0 Å². The van der Waals surface area contributed by atoms with Gasteiger partial charge in [0.25, 0.3) is 0 Å². The van der Waals surface area contributed by atoms with Crippen molar-refractivity contribution in [2.24, 2.45) is 23.7 Å². The molecular weight excluding hydrogens is 252 g/mol. The summed E-state index contributed by atoms with van der Waals surface area (Å²) in [6, 6.07) is 0. The Morgan fingerprint density at radius 3 is 1.76 bits per heavy atom. The molecule has 21 heavy (non-hydrogen) atoms. The molecule has 0 amide bonds. The average molecular weight is 280 g/mol. The lowest BCUT2D eigenvalue weighted by molar-refractivity contribution is 0.440. The molecule has 4 aliphatic rings. The van der Waals surface area contributed by atoms with Gasteiger partial charge in [0.2, 0.25) is 0 Å². The van der Waals surface area contributed by atoms with E-state index in [2.05, 4.69) is 38.2 Å². The zero-order chi connectivity index (χ0) is 14.4. The highest BCUT2D eigenvalue weighted by Gasteiger charge is 2.33. The molecular formula is C21H28. The van der Waals surface area contributed by atoms with E-state index >= 15 is 0 Å². The molecule has 0 N–H and O–H groups in total. The predicted octanol–water partition coefficient (Wildman–Crippen LogP) is 5.98. The Hall–Kier alpha value is -1.04. The van der Waals surface area contributed by atoms with Crippen LogP contribution >= 0.6 is 0 Å². The topological polar surface area (TPSA) is 0 Å². The largest absolute Gasteiger partial charge is 0.0770 e. The van der Waals surface area contributed by atoms with Gasteiger partial charge in [-0.3, -0.25) is 0 Å². The van der Waals surface area contributed by atoms with Crippen LogP contribution in [0.1, 0.15) is 58.8 Å². The Bertz CT molecular complexity index is 505. The first-order valence-corrected chi connectivity index (χ1v) is 9.06. The van der Waals surface area contributed by atoms with Crippen molar-refractivity contribution in [3.63, 3.8) is 0 Å². The van der Waals surface area contributed by atoms with Crippen molar-refractivity contribution in [1.82, 2.24) is 0 Å². The molecule has 0 spiro atoms. The van der Waals surface area contributed by atoms with E-state index in [9.17, 15) is 0 Å². The number of rotatable bonds is 2. The van der Waals surface area contributed by atoms with Crippen molar-refractivity contribution >= 4 is 0 Å². The molecule has 0 radical (unpaired) electrons. The van der Waals surface area contributed by atoms with Gasteiger partial charge in [0, 0.05) is 0 Å². The molecule has 0 heterocycles.